The van der Waals surface area contributed by atoms with Crippen molar-refractivity contribution in [3.63, 3.8) is 0 Å². The lowest BCUT2D eigenvalue weighted by Crippen LogP contribution is -2.51. The molecule has 2 atom stereocenters. The van der Waals surface area contributed by atoms with E-state index in [-0.39, 0.29) is 30.7 Å². The van der Waals surface area contributed by atoms with E-state index in [2.05, 4.69) is 4.98 Å². The maximum atomic E-state index is 13.0. The third-order valence-corrected chi connectivity index (χ3v) is 5.88. The monoisotopic (exact) mass is 322 g/mol. The largest absolute Gasteiger partial charge is 0.394 e. The van der Waals surface area contributed by atoms with Crippen LogP contribution in [0.4, 0.5) is 0 Å². The lowest BCUT2D eigenvalue weighted by Gasteiger charge is -2.36. The molecule has 2 aromatic rings. The number of pyridine rings is 1. The van der Waals surface area contributed by atoms with Crippen LogP contribution in [0, 0.1) is 0 Å². The van der Waals surface area contributed by atoms with E-state index in [1.54, 1.807) is 43.5 Å². The zero-order valence-electron chi connectivity index (χ0n) is 12.2. The number of fused-ring (bicyclic) bond motifs is 1. The molecule has 7 heteroatoms. The molecule has 1 N–H and O–H groups in total. The molecule has 0 radical (unpaired) electrons. The average molecular weight is 322 g/mol. The van der Waals surface area contributed by atoms with Crippen LogP contribution >= 0.6 is 0 Å². The summed E-state index contributed by atoms with van der Waals surface area (Å²) in [6.45, 7) is 2.02. The predicted molar refractivity (Wildman–Crippen MR) is 81.9 cm³/mol. The molecule has 6 nitrogen and oxygen atoms in total. The number of sulfonamides is 1. The Balaban J connectivity index is 2.08. The summed E-state index contributed by atoms with van der Waals surface area (Å²) in [7, 11) is -3.68. The van der Waals surface area contributed by atoms with E-state index in [9.17, 15) is 13.5 Å². The summed E-state index contributed by atoms with van der Waals surface area (Å²) in [5.41, 5.74) is 0.642. The Kier molecular flexibility index (Phi) is 4.14. The van der Waals surface area contributed by atoms with Gasteiger partial charge < -0.3 is 9.84 Å². The number of rotatable bonds is 3. The average Bonchev–Trinajstić information content (AvgIpc) is 2.54. The van der Waals surface area contributed by atoms with Crippen LogP contribution in [0.3, 0.4) is 0 Å². The second-order valence-electron chi connectivity index (χ2n) is 5.39. The van der Waals surface area contributed by atoms with Crippen LogP contribution in [-0.2, 0) is 14.8 Å². The number of morpholine rings is 1. The van der Waals surface area contributed by atoms with Crippen LogP contribution in [-0.4, -0.2) is 54.7 Å². The third kappa shape index (κ3) is 2.61. The van der Waals surface area contributed by atoms with E-state index in [1.807, 2.05) is 0 Å². The Labute approximate surface area is 129 Å². The molecule has 0 bridgehead atoms. The molecule has 0 amide bonds. The first-order valence-corrected chi connectivity index (χ1v) is 8.56. The summed E-state index contributed by atoms with van der Waals surface area (Å²) in [6, 6.07) is 8.27. The second kappa shape index (κ2) is 5.92. The zero-order chi connectivity index (χ0) is 15.7. The smallest absolute Gasteiger partial charge is 0.244 e. The Morgan fingerprint density at radius 3 is 2.95 bits per heavy atom. The molecule has 2 heterocycles. The summed E-state index contributed by atoms with van der Waals surface area (Å²) in [5.74, 6) is 0. The van der Waals surface area contributed by atoms with Crippen LogP contribution in [0.15, 0.2) is 41.4 Å². The molecule has 22 heavy (non-hydrogen) atoms. The molecule has 3 rings (SSSR count). The lowest BCUT2D eigenvalue weighted by atomic mass is 10.2. The first kappa shape index (κ1) is 15.4. The van der Waals surface area contributed by atoms with Crippen molar-refractivity contribution in [2.45, 2.75) is 24.0 Å². The molecule has 1 aliphatic heterocycles. The highest BCUT2D eigenvalue weighted by Crippen LogP contribution is 2.27. The van der Waals surface area contributed by atoms with Gasteiger partial charge in [0, 0.05) is 24.2 Å². The molecule has 0 saturated carbocycles. The number of ether oxygens (including phenoxy) is 1. The molecular formula is C15H18N2O4S. The van der Waals surface area contributed by atoms with Gasteiger partial charge in [0.25, 0.3) is 0 Å². The molecule has 0 unspecified atom stereocenters. The molecule has 0 spiro atoms. The number of hydrogen-bond acceptors (Lipinski definition) is 5. The van der Waals surface area contributed by atoms with Gasteiger partial charge in [-0.15, -0.1) is 0 Å². The Hall–Kier alpha value is -1.54. The minimum Gasteiger partial charge on any atom is -0.394 e. The molecule has 1 aromatic heterocycles. The van der Waals surface area contributed by atoms with Crippen molar-refractivity contribution in [3.8, 4) is 0 Å². The zero-order valence-corrected chi connectivity index (χ0v) is 13.0. The van der Waals surface area contributed by atoms with Gasteiger partial charge in [-0.2, -0.15) is 4.31 Å². The Morgan fingerprint density at radius 1 is 1.36 bits per heavy atom. The van der Waals surface area contributed by atoms with Crippen LogP contribution in [0.5, 0.6) is 0 Å². The number of aliphatic hydroxyl groups excluding tert-OH is 1. The summed E-state index contributed by atoms with van der Waals surface area (Å²) < 4.78 is 32.9. The van der Waals surface area contributed by atoms with Crippen molar-refractivity contribution in [3.05, 3.63) is 36.5 Å². The lowest BCUT2D eigenvalue weighted by molar-refractivity contribution is -0.0516. The Morgan fingerprint density at radius 2 is 2.18 bits per heavy atom. The predicted octanol–water partition coefficient (Wildman–Crippen LogP) is 1.01. The van der Waals surface area contributed by atoms with E-state index in [0.717, 1.165) is 0 Å². The number of aromatic nitrogens is 1. The van der Waals surface area contributed by atoms with Gasteiger partial charge in [-0.1, -0.05) is 6.07 Å². The van der Waals surface area contributed by atoms with Crippen LogP contribution in [0.2, 0.25) is 0 Å². The van der Waals surface area contributed by atoms with Gasteiger partial charge in [0.15, 0.2) is 0 Å². The number of nitrogens with zero attached hydrogens (tertiary/aromatic N) is 2. The SMILES string of the molecule is C[C@@H]1CO[C@@H](CO)CN1S(=O)(=O)c1cccc2ncccc12. The van der Waals surface area contributed by atoms with Crippen molar-refractivity contribution in [2.24, 2.45) is 0 Å². The summed E-state index contributed by atoms with van der Waals surface area (Å²) in [6.07, 6.45) is 1.15. The maximum Gasteiger partial charge on any atom is 0.244 e. The van der Waals surface area contributed by atoms with Crippen LogP contribution in [0.1, 0.15) is 6.92 Å². The highest BCUT2D eigenvalue weighted by Gasteiger charge is 2.36. The molecule has 1 aromatic carbocycles. The normalized spacial score (nSPS) is 23.7. The first-order valence-electron chi connectivity index (χ1n) is 7.12. The molecule has 1 fully saturated rings. The minimum absolute atomic E-state index is 0.149. The fourth-order valence-corrected chi connectivity index (χ4v) is 4.51. The highest BCUT2D eigenvalue weighted by molar-refractivity contribution is 7.89. The summed E-state index contributed by atoms with van der Waals surface area (Å²) >= 11 is 0. The van der Waals surface area contributed by atoms with Gasteiger partial charge in [0.2, 0.25) is 10.0 Å². The molecule has 1 aliphatic rings. The summed E-state index contributed by atoms with van der Waals surface area (Å²) in [4.78, 5) is 4.44. The molecular weight excluding hydrogens is 304 g/mol. The molecule has 1 saturated heterocycles. The summed E-state index contributed by atoms with van der Waals surface area (Å²) in [5, 5.41) is 9.85. The van der Waals surface area contributed by atoms with Gasteiger partial charge in [0.1, 0.15) is 0 Å². The van der Waals surface area contributed by atoms with Gasteiger partial charge in [-0.25, -0.2) is 8.42 Å². The van der Waals surface area contributed by atoms with E-state index in [1.165, 1.54) is 4.31 Å². The van der Waals surface area contributed by atoms with Crippen molar-refractivity contribution < 1.29 is 18.3 Å². The molecule has 0 aliphatic carbocycles. The van der Waals surface area contributed by atoms with E-state index in [4.69, 9.17) is 4.74 Å². The van der Waals surface area contributed by atoms with E-state index >= 15 is 0 Å². The molecule has 118 valence electrons. The van der Waals surface area contributed by atoms with Crippen LogP contribution < -0.4 is 0 Å². The van der Waals surface area contributed by atoms with Crippen molar-refractivity contribution in [2.75, 3.05) is 19.8 Å². The highest BCUT2D eigenvalue weighted by atomic mass is 32.2. The minimum atomic E-state index is -3.68. The fourth-order valence-electron chi connectivity index (χ4n) is 2.66. The number of benzene rings is 1. The van der Waals surface area contributed by atoms with Crippen molar-refractivity contribution in [1.29, 1.82) is 0 Å². The van der Waals surface area contributed by atoms with Gasteiger partial charge in [0.05, 0.1) is 29.7 Å². The van der Waals surface area contributed by atoms with E-state index < -0.39 is 16.1 Å². The van der Waals surface area contributed by atoms with Crippen molar-refractivity contribution in [1.82, 2.24) is 9.29 Å². The maximum absolute atomic E-state index is 13.0. The van der Waals surface area contributed by atoms with Gasteiger partial charge >= 0.3 is 0 Å². The van der Waals surface area contributed by atoms with Crippen molar-refractivity contribution >= 4 is 20.9 Å². The second-order valence-corrected chi connectivity index (χ2v) is 7.25. The fraction of sp³-hybridized carbons (Fsp3) is 0.400. The quantitative estimate of drug-likeness (QED) is 0.912. The number of aliphatic hydroxyl groups is 1. The van der Waals surface area contributed by atoms with E-state index in [0.29, 0.717) is 10.9 Å². The number of hydrogen-bond donors (Lipinski definition) is 1. The van der Waals surface area contributed by atoms with Crippen LogP contribution in [0.25, 0.3) is 10.9 Å². The van der Waals surface area contributed by atoms with Gasteiger partial charge in [-0.05, 0) is 31.2 Å². The van der Waals surface area contributed by atoms with Gasteiger partial charge in [-0.3, -0.25) is 4.98 Å². The third-order valence-electron chi connectivity index (χ3n) is 3.84. The standard InChI is InChI=1S/C15H18N2O4S/c1-11-10-21-12(9-18)8-17(11)22(19,20)15-6-2-5-14-13(15)4-3-7-16-14/h2-7,11-12,18H,8-10H2,1H3/t11-,12-/m1/s1. The first-order chi connectivity index (χ1) is 10.5. The topological polar surface area (TPSA) is 79.7 Å². The Bertz CT molecular complexity index is 773.